The summed E-state index contributed by atoms with van der Waals surface area (Å²) in [5, 5.41) is 0.472. The fourth-order valence-electron chi connectivity index (χ4n) is 2.99. The Kier molecular flexibility index (Phi) is 4.77. The fourth-order valence-corrected chi connectivity index (χ4v) is 3.20. The maximum Gasteiger partial charge on any atom is 0.255 e. The van der Waals surface area contributed by atoms with Gasteiger partial charge in [-0.3, -0.25) is 9.59 Å². The number of halogens is 1. The number of Topliss-reactive ketones (excluding diaryl/α,β-unsaturated/α-hetero) is 1. The predicted octanol–water partition coefficient (Wildman–Crippen LogP) is 4.08. The van der Waals surface area contributed by atoms with E-state index in [0.717, 1.165) is 5.56 Å². The van der Waals surface area contributed by atoms with Crippen LogP contribution in [0.1, 0.15) is 33.6 Å². The number of hydrogen-bond acceptors (Lipinski definition) is 2. The molecule has 1 heterocycles. The summed E-state index contributed by atoms with van der Waals surface area (Å²) >= 11 is 6.10. The maximum absolute atomic E-state index is 12.5. The van der Waals surface area contributed by atoms with Gasteiger partial charge in [0.25, 0.3) is 5.91 Å². The lowest BCUT2D eigenvalue weighted by atomic mass is 9.88. The minimum atomic E-state index is -0.0544. The Bertz CT molecular complexity index is 706. The van der Waals surface area contributed by atoms with Crippen molar-refractivity contribution in [3.8, 4) is 0 Å². The Morgan fingerprint density at radius 3 is 2.17 bits per heavy atom. The summed E-state index contributed by atoms with van der Waals surface area (Å²) in [5.74, 6) is 0.115. The van der Waals surface area contributed by atoms with Gasteiger partial charge >= 0.3 is 0 Å². The van der Waals surface area contributed by atoms with Crippen LogP contribution in [0.3, 0.4) is 0 Å². The molecule has 1 fully saturated rings. The van der Waals surface area contributed by atoms with E-state index in [1.165, 1.54) is 0 Å². The van der Waals surface area contributed by atoms with E-state index in [4.69, 9.17) is 11.6 Å². The highest BCUT2D eigenvalue weighted by Crippen LogP contribution is 2.24. The molecule has 23 heavy (non-hydrogen) atoms. The van der Waals surface area contributed by atoms with Crippen LogP contribution >= 0.6 is 11.6 Å². The number of nitrogens with zero attached hydrogens (tertiary/aromatic N) is 1. The molecule has 3 rings (SSSR count). The first kappa shape index (κ1) is 15.8. The molecule has 0 unspecified atom stereocenters. The first-order valence-corrected chi connectivity index (χ1v) is 8.17. The third-order valence-electron chi connectivity index (χ3n) is 4.32. The van der Waals surface area contributed by atoms with E-state index in [-0.39, 0.29) is 17.6 Å². The van der Waals surface area contributed by atoms with E-state index in [0.29, 0.717) is 36.5 Å². The quantitative estimate of drug-likeness (QED) is 0.797. The molecule has 1 amide bonds. The topological polar surface area (TPSA) is 37.4 Å². The molecular weight excluding hydrogens is 310 g/mol. The standard InChI is InChI=1S/C19H18ClNO2/c20-17-9-5-4-8-16(17)19(23)21-12-10-15(11-13-21)18(22)14-6-2-1-3-7-14/h1-9,15H,10-13H2. The summed E-state index contributed by atoms with van der Waals surface area (Å²) < 4.78 is 0. The van der Waals surface area contributed by atoms with Crippen molar-refractivity contribution in [2.75, 3.05) is 13.1 Å². The summed E-state index contributed by atoms with van der Waals surface area (Å²) in [5.41, 5.74) is 1.28. The van der Waals surface area contributed by atoms with Crippen molar-refractivity contribution in [1.82, 2.24) is 4.90 Å². The lowest BCUT2D eigenvalue weighted by Gasteiger charge is -2.31. The molecule has 1 saturated heterocycles. The normalized spacial score (nSPS) is 15.4. The lowest BCUT2D eigenvalue weighted by Crippen LogP contribution is -2.40. The van der Waals surface area contributed by atoms with E-state index < -0.39 is 0 Å². The zero-order valence-corrected chi connectivity index (χ0v) is 13.5. The summed E-state index contributed by atoms with van der Waals surface area (Å²) in [4.78, 5) is 26.8. The van der Waals surface area contributed by atoms with Crippen molar-refractivity contribution in [1.29, 1.82) is 0 Å². The third-order valence-corrected chi connectivity index (χ3v) is 4.65. The molecule has 1 aliphatic rings. The molecule has 0 bridgehead atoms. The van der Waals surface area contributed by atoms with Crippen LogP contribution in [0.2, 0.25) is 5.02 Å². The lowest BCUT2D eigenvalue weighted by molar-refractivity contribution is 0.0650. The number of rotatable bonds is 3. The second kappa shape index (κ2) is 6.97. The average Bonchev–Trinajstić information content (AvgIpc) is 2.62. The zero-order valence-electron chi connectivity index (χ0n) is 12.7. The SMILES string of the molecule is O=C(c1ccccc1)C1CCN(C(=O)c2ccccc2Cl)CC1. The van der Waals surface area contributed by atoms with E-state index >= 15 is 0 Å². The molecule has 0 aromatic heterocycles. The number of hydrogen-bond donors (Lipinski definition) is 0. The van der Waals surface area contributed by atoms with Crippen molar-refractivity contribution in [3.05, 3.63) is 70.7 Å². The van der Waals surface area contributed by atoms with Crippen molar-refractivity contribution in [2.45, 2.75) is 12.8 Å². The molecule has 4 heteroatoms. The Morgan fingerprint density at radius 1 is 0.913 bits per heavy atom. The van der Waals surface area contributed by atoms with Crippen LogP contribution < -0.4 is 0 Å². The Balaban J connectivity index is 1.64. The minimum Gasteiger partial charge on any atom is -0.339 e. The van der Waals surface area contributed by atoms with Crippen LogP contribution in [0.4, 0.5) is 0 Å². The summed E-state index contributed by atoms with van der Waals surface area (Å²) in [6.07, 6.45) is 1.40. The van der Waals surface area contributed by atoms with Crippen LogP contribution in [0.25, 0.3) is 0 Å². The van der Waals surface area contributed by atoms with Gasteiger partial charge in [0.1, 0.15) is 0 Å². The molecule has 0 saturated carbocycles. The smallest absolute Gasteiger partial charge is 0.255 e. The molecule has 118 valence electrons. The largest absolute Gasteiger partial charge is 0.339 e. The number of likely N-dealkylation sites (tertiary alicyclic amines) is 1. The van der Waals surface area contributed by atoms with Crippen LogP contribution in [-0.2, 0) is 0 Å². The molecule has 1 aliphatic heterocycles. The van der Waals surface area contributed by atoms with Crippen LogP contribution in [-0.4, -0.2) is 29.7 Å². The first-order valence-electron chi connectivity index (χ1n) is 7.80. The molecule has 0 N–H and O–H groups in total. The Morgan fingerprint density at radius 2 is 1.52 bits per heavy atom. The molecule has 0 aliphatic carbocycles. The van der Waals surface area contributed by atoms with Crippen molar-refractivity contribution >= 4 is 23.3 Å². The van der Waals surface area contributed by atoms with E-state index in [9.17, 15) is 9.59 Å². The van der Waals surface area contributed by atoms with Crippen LogP contribution in [0, 0.1) is 5.92 Å². The first-order chi connectivity index (χ1) is 11.2. The number of ketones is 1. The zero-order chi connectivity index (χ0) is 16.2. The second-order valence-electron chi connectivity index (χ2n) is 5.78. The van der Waals surface area contributed by atoms with E-state index in [1.807, 2.05) is 42.5 Å². The minimum absolute atomic E-state index is 0.00676. The molecular formula is C19H18ClNO2. The summed E-state index contributed by atoms with van der Waals surface area (Å²) in [6, 6.07) is 16.4. The highest BCUT2D eigenvalue weighted by atomic mass is 35.5. The predicted molar refractivity (Wildman–Crippen MR) is 90.9 cm³/mol. The van der Waals surface area contributed by atoms with Gasteiger partial charge in [0.05, 0.1) is 10.6 Å². The maximum atomic E-state index is 12.5. The fraction of sp³-hybridized carbons (Fsp3) is 0.263. The number of benzene rings is 2. The monoisotopic (exact) mass is 327 g/mol. The van der Waals surface area contributed by atoms with Gasteiger partial charge in [-0.25, -0.2) is 0 Å². The summed E-state index contributed by atoms with van der Waals surface area (Å²) in [7, 11) is 0. The van der Waals surface area contributed by atoms with E-state index in [2.05, 4.69) is 0 Å². The average molecular weight is 328 g/mol. The number of amides is 1. The van der Waals surface area contributed by atoms with Crippen molar-refractivity contribution < 1.29 is 9.59 Å². The number of carbonyl (C=O) groups excluding carboxylic acids is 2. The highest BCUT2D eigenvalue weighted by Gasteiger charge is 2.28. The van der Waals surface area contributed by atoms with Gasteiger partial charge < -0.3 is 4.90 Å². The molecule has 2 aromatic rings. The van der Waals surface area contributed by atoms with Gasteiger partial charge in [-0.2, -0.15) is 0 Å². The van der Waals surface area contributed by atoms with Gasteiger partial charge in [0.2, 0.25) is 0 Å². The van der Waals surface area contributed by atoms with Gasteiger partial charge in [0.15, 0.2) is 5.78 Å². The van der Waals surface area contributed by atoms with Crippen molar-refractivity contribution in [2.24, 2.45) is 5.92 Å². The number of carbonyl (C=O) groups is 2. The van der Waals surface area contributed by atoms with E-state index in [1.54, 1.807) is 17.0 Å². The Labute approximate surface area is 140 Å². The molecule has 3 nitrogen and oxygen atoms in total. The third kappa shape index (κ3) is 3.45. The van der Waals surface area contributed by atoms with Gasteiger partial charge in [0, 0.05) is 24.6 Å². The molecule has 0 atom stereocenters. The Hall–Kier alpha value is -2.13. The van der Waals surface area contributed by atoms with Gasteiger partial charge in [-0.1, -0.05) is 54.1 Å². The molecule has 2 aromatic carbocycles. The highest BCUT2D eigenvalue weighted by molar-refractivity contribution is 6.33. The molecule has 0 radical (unpaired) electrons. The van der Waals surface area contributed by atoms with Crippen LogP contribution in [0.5, 0.6) is 0 Å². The van der Waals surface area contributed by atoms with Gasteiger partial charge in [-0.15, -0.1) is 0 Å². The molecule has 0 spiro atoms. The number of piperidine rings is 1. The van der Waals surface area contributed by atoms with Crippen molar-refractivity contribution in [3.63, 3.8) is 0 Å². The van der Waals surface area contributed by atoms with Gasteiger partial charge in [-0.05, 0) is 25.0 Å². The summed E-state index contributed by atoms with van der Waals surface area (Å²) in [6.45, 7) is 1.18. The second-order valence-corrected chi connectivity index (χ2v) is 6.18. The van der Waals surface area contributed by atoms with Crippen LogP contribution in [0.15, 0.2) is 54.6 Å².